The number of hydrogen-bond acceptors (Lipinski definition) is 5. The van der Waals surface area contributed by atoms with Gasteiger partial charge in [0.1, 0.15) is 10.8 Å². The lowest BCUT2D eigenvalue weighted by Crippen LogP contribution is -2.68. The molecule has 0 spiro atoms. The lowest BCUT2D eigenvalue weighted by atomic mass is 11.2. The van der Waals surface area contributed by atoms with Crippen LogP contribution in [0, 0.1) is 10.2 Å². The van der Waals surface area contributed by atoms with E-state index in [1.54, 1.807) is 22.7 Å². The topological polar surface area (TPSA) is 92.2 Å². The molecule has 0 amide bonds. The number of halogens is 1. The van der Waals surface area contributed by atoms with E-state index in [0.29, 0.717) is 0 Å². The minimum atomic E-state index is -4.94. The Bertz CT molecular complexity index is 125. The highest BCUT2D eigenvalue weighted by Gasteiger charge is 1.84. The van der Waals surface area contributed by atoms with E-state index < -0.39 is 10.2 Å². The first-order valence-electron chi connectivity index (χ1n) is 1.89. The molecular formula is C3H3ClO4S2. The number of hydrogen-bond donors (Lipinski definition) is 0. The summed E-state index contributed by atoms with van der Waals surface area (Å²) < 4.78 is 36.1. The molecule has 1 rings (SSSR count). The molecule has 0 aliphatic carbocycles. The van der Waals surface area contributed by atoms with Gasteiger partial charge < -0.3 is 0 Å². The summed E-state index contributed by atoms with van der Waals surface area (Å²) >= 11 is 3.46. The van der Waals surface area contributed by atoms with E-state index in [-0.39, 0.29) is 0 Å². The van der Waals surface area contributed by atoms with Crippen LogP contribution in [0.1, 0.15) is 0 Å². The van der Waals surface area contributed by atoms with Gasteiger partial charge in [-0.1, -0.05) is 0 Å². The summed E-state index contributed by atoms with van der Waals surface area (Å²) in [5.74, 6) is 0. The zero-order chi connectivity index (χ0) is 8.04. The van der Waals surface area contributed by atoms with E-state index in [1.165, 1.54) is 0 Å². The summed E-state index contributed by atoms with van der Waals surface area (Å²) in [7, 11) is -4.94. The predicted molar refractivity (Wildman–Crippen MR) is 26.6 cm³/mol. The van der Waals surface area contributed by atoms with E-state index >= 15 is 0 Å². The molecule has 0 atom stereocenters. The van der Waals surface area contributed by atoms with Gasteiger partial charge in [0.25, 0.3) is 0 Å². The first-order chi connectivity index (χ1) is 4.50. The zero-order valence-electron chi connectivity index (χ0n) is 4.56. The van der Waals surface area contributed by atoms with Crippen molar-refractivity contribution in [2.24, 2.45) is 0 Å². The summed E-state index contributed by atoms with van der Waals surface area (Å²) in [5.41, 5.74) is 0. The lowest BCUT2D eigenvalue weighted by molar-refractivity contribution is -2.00. The van der Waals surface area contributed by atoms with Crippen LogP contribution in [0.4, 0.5) is 0 Å². The van der Waals surface area contributed by atoms with Crippen LogP contribution in [0.2, 0.25) is 0 Å². The van der Waals surface area contributed by atoms with Crippen molar-refractivity contribution in [3.63, 3.8) is 0 Å². The SMILES string of the molecule is [O-][Cl+3]([O-])([O-])[O-].c1c[s+]cs1. The Balaban J connectivity index is 0.000000162. The normalized spacial score (nSPS) is 10.0. The standard InChI is InChI=1S/C3H3S2.ClHO4/c1-2-5-3-4-1;2-1(3,4)5/h1-3H;(H,2,3,4,5)/q+1;/p-1. The second kappa shape index (κ2) is 4.91. The van der Waals surface area contributed by atoms with Crippen molar-refractivity contribution in [2.75, 3.05) is 0 Å². The van der Waals surface area contributed by atoms with Gasteiger partial charge >= 0.3 is 0 Å². The predicted octanol–water partition coefficient (Wildman–Crippen LogP) is -2.67. The van der Waals surface area contributed by atoms with Gasteiger partial charge in [-0.3, -0.25) is 0 Å². The first-order valence-corrected chi connectivity index (χ1v) is 5.01. The fourth-order valence-corrected chi connectivity index (χ4v) is 1.44. The maximum absolute atomic E-state index is 8.49. The van der Waals surface area contributed by atoms with Crippen LogP contribution >= 0.6 is 22.7 Å². The molecule has 0 aliphatic rings. The van der Waals surface area contributed by atoms with Crippen LogP contribution in [0.5, 0.6) is 0 Å². The Morgan fingerprint density at radius 1 is 1.20 bits per heavy atom. The fourth-order valence-electron chi connectivity index (χ4n) is 0.160. The van der Waals surface area contributed by atoms with Crippen molar-refractivity contribution in [3.8, 4) is 0 Å². The highest BCUT2D eigenvalue weighted by molar-refractivity contribution is 7.25. The molecule has 0 radical (unpaired) electrons. The largest absolute Gasteiger partial charge is 0.242 e. The monoisotopic (exact) mass is 202 g/mol. The molecule has 0 N–H and O–H groups in total. The molecular weight excluding hydrogens is 200 g/mol. The fraction of sp³-hybridized carbons (Fsp3) is 0. The van der Waals surface area contributed by atoms with Crippen LogP contribution in [0.25, 0.3) is 0 Å². The van der Waals surface area contributed by atoms with Crippen molar-refractivity contribution >= 4 is 22.7 Å². The molecule has 0 unspecified atom stereocenters. The average Bonchev–Trinajstić information content (AvgIpc) is 2.07. The molecule has 10 heavy (non-hydrogen) atoms. The third-order valence-electron chi connectivity index (χ3n) is 0.324. The van der Waals surface area contributed by atoms with Gasteiger partial charge in [0.2, 0.25) is 4.69 Å². The molecule has 0 fully saturated rings. The summed E-state index contributed by atoms with van der Waals surface area (Å²) in [6.45, 7) is 0. The van der Waals surface area contributed by atoms with E-state index in [1.807, 2.05) is 0 Å². The van der Waals surface area contributed by atoms with Crippen molar-refractivity contribution in [3.05, 3.63) is 15.5 Å². The molecule has 0 aromatic carbocycles. The van der Waals surface area contributed by atoms with Gasteiger partial charge in [0.05, 0.1) is 22.7 Å². The third-order valence-corrected chi connectivity index (χ3v) is 1.97. The minimum Gasteiger partial charge on any atom is -0.222 e. The van der Waals surface area contributed by atoms with Crippen LogP contribution < -0.4 is 18.6 Å². The summed E-state index contributed by atoms with van der Waals surface area (Å²) in [5, 5.41) is 4.12. The molecule has 1 aromatic heterocycles. The molecule has 58 valence electrons. The Morgan fingerprint density at radius 2 is 1.70 bits per heavy atom. The maximum atomic E-state index is 8.49. The molecule has 1 heterocycles. The highest BCUT2D eigenvalue weighted by Crippen LogP contribution is 2.00. The van der Waals surface area contributed by atoms with Crippen LogP contribution in [0.3, 0.4) is 0 Å². The summed E-state index contributed by atoms with van der Waals surface area (Å²) in [6, 6.07) is 0. The molecule has 0 saturated carbocycles. The minimum absolute atomic E-state index is 1.73. The van der Waals surface area contributed by atoms with E-state index in [2.05, 4.69) is 15.5 Å². The average molecular weight is 203 g/mol. The molecule has 7 heteroatoms. The van der Waals surface area contributed by atoms with Crippen molar-refractivity contribution in [2.45, 2.75) is 0 Å². The Labute approximate surface area is 67.4 Å². The first kappa shape index (κ1) is 10.2. The van der Waals surface area contributed by atoms with E-state index in [4.69, 9.17) is 18.6 Å². The van der Waals surface area contributed by atoms with Gasteiger partial charge in [0, 0.05) is 0 Å². The van der Waals surface area contributed by atoms with Crippen molar-refractivity contribution in [1.82, 2.24) is 0 Å². The molecule has 1 aromatic rings. The summed E-state index contributed by atoms with van der Waals surface area (Å²) in [4.78, 5) is 0. The zero-order valence-corrected chi connectivity index (χ0v) is 6.95. The Kier molecular flexibility index (Phi) is 5.00. The van der Waals surface area contributed by atoms with Crippen LogP contribution in [-0.4, -0.2) is 0 Å². The second-order valence-electron chi connectivity index (χ2n) is 1.02. The Morgan fingerprint density at radius 3 is 1.80 bits per heavy atom. The maximum Gasteiger partial charge on any atom is 0.242 e. The quantitative estimate of drug-likeness (QED) is 0.429. The lowest BCUT2D eigenvalue weighted by Gasteiger charge is -2.17. The van der Waals surface area contributed by atoms with E-state index in [9.17, 15) is 0 Å². The third kappa shape index (κ3) is 15.7. The highest BCUT2D eigenvalue weighted by atomic mass is 35.7. The van der Waals surface area contributed by atoms with Crippen molar-refractivity contribution < 1.29 is 28.9 Å². The van der Waals surface area contributed by atoms with Gasteiger partial charge in [-0.15, -0.1) is 10.2 Å². The van der Waals surface area contributed by atoms with Gasteiger partial charge in [-0.2, -0.15) is 0 Å². The molecule has 0 aliphatic heterocycles. The van der Waals surface area contributed by atoms with E-state index in [0.717, 1.165) is 0 Å². The van der Waals surface area contributed by atoms with Crippen LogP contribution in [-0.2, 0) is 0 Å². The molecule has 4 nitrogen and oxygen atoms in total. The second-order valence-corrected chi connectivity index (χ2v) is 3.63. The van der Waals surface area contributed by atoms with Crippen molar-refractivity contribution in [1.29, 1.82) is 0 Å². The summed E-state index contributed by atoms with van der Waals surface area (Å²) in [6.07, 6.45) is 0. The van der Waals surface area contributed by atoms with Gasteiger partial charge in [-0.05, 0) is 0 Å². The Hall–Kier alpha value is 0.180. The number of rotatable bonds is 0. The van der Waals surface area contributed by atoms with Crippen LogP contribution in [0.15, 0.2) is 15.5 Å². The van der Waals surface area contributed by atoms with Gasteiger partial charge in [-0.25, -0.2) is 18.6 Å². The van der Waals surface area contributed by atoms with Gasteiger partial charge in [0.15, 0.2) is 0 Å². The smallest absolute Gasteiger partial charge is 0.222 e. The molecule has 0 bridgehead atoms. The molecule has 0 saturated heterocycles.